The molecule has 0 aliphatic carbocycles. The maximum atomic E-state index is 13.0. The number of anilines is 2. The lowest BCUT2D eigenvalue weighted by molar-refractivity contribution is 0.219. The second kappa shape index (κ2) is 6.53. The van der Waals surface area contributed by atoms with E-state index in [9.17, 15) is 17.6 Å². The predicted molar refractivity (Wildman–Crippen MR) is 102 cm³/mol. The molecule has 2 aliphatic heterocycles. The normalized spacial score (nSPS) is 17.0. The van der Waals surface area contributed by atoms with Crippen LogP contribution in [-0.2, 0) is 23.0 Å². The van der Waals surface area contributed by atoms with E-state index in [0.29, 0.717) is 38.3 Å². The average molecular weight is 389 g/mol. The Morgan fingerprint density at radius 3 is 2.48 bits per heavy atom. The van der Waals surface area contributed by atoms with Gasteiger partial charge in [-0.15, -0.1) is 0 Å². The molecule has 0 N–H and O–H groups in total. The minimum absolute atomic E-state index is 0.0998. The molecule has 0 saturated carbocycles. The van der Waals surface area contributed by atoms with E-state index in [-0.39, 0.29) is 11.8 Å². The fourth-order valence-electron chi connectivity index (χ4n) is 3.65. The molecule has 6 nitrogen and oxygen atoms in total. The molecule has 8 heteroatoms. The van der Waals surface area contributed by atoms with Gasteiger partial charge in [0.1, 0.15) is 5.82 Å². The molecule has 1 fully saturated rings. The van der Waals surface area contributed by atoms with Gasteiger partial charge in [0.05, 0.1) is 11.9 Å². The Kier molecular flexibility index (Phi) is 4.30. The molecule has 2 aromatic carbocycles. The highest BCUT2D eigenvalue weighted by Crippen LogP contribution is 2.34. The summed E-state index contributed by atoms with van der Waals surface area (Å²) in [5.74, 6) is -0.297. The zero-order valence-electron chi connectivity index (χ0n) is 14.9. The molecule has 2 heterocycles. The van der Waals surface area contributed by atoms with Gasteiger partial charge in [-0.3, -0.25) is 9.21 Å². The Hall–Kier alpha value is -2.61. The Morgan fingerprint density at radius 1 is 1.04 bits per heavy atom. The van der Waals surface area contributed by atoms with Gasteiger partial charge in [-0.1, -0.05) is 12.1 Å². The number of hydrogen-bond donors (Lipinski definition) is 0. The van der Waals surface area contributed by atoms with Crippen molar-refractivity contribution in [1.82, 2.24) is 4.90 Å². The molecule has 0 unspecified atom stereocenters. The quantitative estimate of drug-likeness (QED) is 0.808. The maximum absolute atomic E-state index is 13.0. The Balaban J connectivity index is 1.52. The zero-order valence-corrected chi connectivity index (χ0v) is 15.7. The molecule has 4 rings (SSSR count). The lowest BCUT2D eigenvalue weighted by Crippen LogP contribution is -2.31. The van der Waals surface area contributed by atoms with Crippen LogP contribution >= 0.6 is 0 Å². The average Bonchev–Trinajstić information content (AvgIpc) is 3.20. The van der Waals surface area contributed by atoms with Crippen LogP contribution in [0.5, 0.6) is 0 Å². The summed E-state index contributed by atoms with van der Waals surface area (Å²) in [6, 6.07) is 11.5. The number of hydrogen-bond acceptors (Lipinski definition) is 3. The first-order valence-corrected chi connectivity index (χ1v) is 10.6. The van der Waals surface area contributed by atoms with Crippen molar-refractivity contribution in [2.75, 3.05) is 35.1 Å². The van der Waals surface area contributed by atoms with E-state index in [1.165, 1.54) is 22.7 Å². The molecule has 0 atom stereocenters. The van der Waals surface area contributed by atoms with E-state index >= 15 is 0 Å². The first-order valence-electron chi connectivity index (χ1n) is 8.74. The number of benzene rings is 2. The number of rotatable bonds is 4. The number of urea groups is 1. The topological polar surface area (TPSA) is 60.9 Å². The molecule has 2 aromatic rings. The number of halogens is 1. The van der Waals surface area contributed by atoms with Crippen molar-refractivity contribution in [2.24, 2.45) is 0 Å². The van der Waals surface area contributed by atoms with E-state index < -0.39 is 10.0 Å². The van der Waals surface area contributed by atoms with Crippen molar-refractivity contribution in [3.05, 3.63) is 59.4 Å². The van der Waals surface area contributed by atoms with E-state index in [4.69, 9.17) is 0 Å². The monoisotopic (exact) mass is 389 g/mol. The van der Waals surface area contributed by atoms with Crippen LogP contribution in [0.1, 0.15) is 11.1 Å². The minimum atomic E-state index is -3.29. The Bertz CT molecular complexity index is 992. The van der Waals surface area contributed by atoms with E-state index in [0.717, 1.165) is 16.8 Å². The largest absolute Gasteiger partial charge is 0.324 e. The molecule has 27 heavy (non-hydrogen) atoms. The van der Waals surface area contributed by atoms with Crippen LogP contribution in [0, 0.1) is 5.82 Å². The number of carbonyl (C=O) groups excluding carboxylic acids is 1. The highest BCUT2D eigenvalue weighted by molar-refractivity contribution is 7.92. The summed E-state index contributed by atoms with van der Waals surface area (Å²) in [4.78, 5) is 16.2. The molecule has 0 aromatic heterocycles. The molecular weight excluding hydrogens is 369 g/mol. The molecule has 2 amide bonds. The van der Waals surface area contributed by atoms with Gasteiger partial charge in [0, 0.05) is 31.9 Å². The predicted octanol–water partition coefficient (Wildman–Crippen LogP) is 2.59. The van der Waals surface area contributed by atoms with Crippen molar-refractivity contribution in [1.29, 1.82) is 0 Å². The molecular formula is C19H20FN3O3S. The van der Waals surface area contributed by atoms with Gasteiger partial charge in [0.15, 0.2) is 0 Å². The van der Waals surface area contributed by atoms with Gasteiger partial charge >= 0.3 is 6.03 Å². The fourth-order valence-corrected chi connectivity index (χ4v) is 4.61. The molecule has 1 saturated heterocycles. The summed E-state index contributed by atoms with van der Waals surface area (Å²) in [7, 11) is -3.29. The molecule has 2 aliphatic rings. The molecule has 0 radical (unpaired) electrons. The summed E-state index contributed by atoms with van der Waals surface area (Å²) in [5, 5.41) is 0. The van der Waals surface area contributed by atoms with Gasteiger partial charge in [-0.05, 0) is 47.9 Å². The summed E-state index contributed by atoms with van der Waals surface area (Å²) in [5.41, 5.74) is 3.28. The third kappa shape index (κ3) is 3.37. The first-order chi connectivity index (χ1) is 12.8. The van der Waals surface area contributed by atoms with Gasteiger partial charge in [-0.25, -0.2) is 17.6 Å². The van der Waals surface area contributed by atoms with Gasteiger partial charge in [0.25, 0.3) is 0 Å². The van der Waals surface area contributed by atoms with E-state index in [1.807, 2.05) is 6.07 Å². The van der Waals surface area contributed by atoms with Gasteiger partial charge in [-0.2, -0.15) is 0 Å². The van der Waals surface area contributed by atoms with Gasteiger partial charge < -0.3 is 4.90 Å². The van der Waals surface area contributed by atoms with Crippen LogP contribution in [-0.4, -0.2) is 45.2 Å². The number of fused-ring (bicyclic) bond motifs is 1. The van der Waals surface area contributed by atoms with E-state index in [1.54, 1.807) is 34.1 Å². The van der Waals surface area contributed by atoms with Crippen LogP contribution < -0.4 is 9.21 Å². The lowest BCUT2D eigenvalue weighted by atomic mass is 10.1. The van der Waals surface area contributed by atoms with Gasteiger partial charge in [0.2, 0.25) is 10.0 Å². The smallest absolute Gasteiger partial charge is 0.318 e. The second-order valence-corrected chi connectivity index (χ2v) is 8.79. The summed E-state index contributed by atoms with van der Waals surface area (Å²) in [6.07, 6.45) is 1.84. The highest BCUT2D eigenvalue weighted by Gasteiger charge is 2.32. The Labute approximate surface area is 157 Å². The number of amides is 2. The molecule has 0 bridgehead atoms. The molecule has 142 valence electrons. The summed E-state index contributed by atoms with van der Waals surface area (Å²) >= 11 is 0. The van der Waals surface area contributed by atoms with Crippen molar-refractivity contribution >= 4 is 27.4 Å². The third-order valence-electron chi connectivity index (χ3n) is 5.01. The maximum Gasteiger partial charge on any atom is 0.324 e. The van der Waals surface area contributed by atoms with Crippen molar-refractivity contribution < 1.29 is 17.6 Å². The SMILES string of the molecule is CS(=O)(=O)N1CCc2cc(N3CCN(Cc4ccc(F)cc4)C3=O)ccc21. The highest BCUT2D eigenvalue weighted by atomic mass is 32.2. The van der Waals surface area contributed by atoms with Crippen LogP contribution in [0.15, 0.2) is 42.5 Å². The van der Waals surface area contributed by atoms with Crippen LogP contribution in [0.25, 0.3) is 0 Å². The van der Waals surface area contributed by atoms with E-state index in [2.05, 4.69) is 0 Å². The standard InChI is InChI=1S/C19H20FN3O3S/c1-27(25,26)23-9-8-15-12-17(6-7-18(15)23)22-11-10-21(19(22)24)13-14-2-4-16(20)5-3-14/h2-7,12H,8-11,13H2,1H3. The van der Waals surface area contributed by atoms with Crippen LogP contribution in [0.4, 0.5) is 20.6 Å². The fraction of sp³-hybridized carbons (Fsp3) is 0.316. The zero-order chi connectivity index (χ0) is 19.2. The van der Waals surface area contributed by atoms with Crippen molar-refractivity contribution in [2.45, 2.75) is 13.0 Å². The summed E-state index contributed by atoms with van der Waals surface area (Å²) < 4.78 is 38.2. The first kappa shape index (κ1) is 17.8. The lowest BCUT2D eigenvalue weighted by Gasteiger charge is -2.20. The number of carbonyl (C=O) groups is 1. The van der Waals surface area contributed by atoms with Crippen LogP contribution in [0.2, 0.25) is 0 Å². The third-order valence-corrected chi connectivity index (χ3v) is 6.19. The Morgan fingerprint density at radius 2 is 1.78 bits per heavy atom. The summed E-state index contributed by atoms with van der Waals surface area (Å²) in [6.45, 7) is 2.02. The minimum Gasteiger partial charge on any atom is -0.318 e. The van der Waals surface area contributed by atoms with Crippen molar-refractivity contribution in [3.8, 4) is 0 Å². The second-order valence-electron chi connectivity index (χ2n) is 6.88. The van der Waals surface area contributed by atoms with Crippen LogP contribution in [0.3, 0.4) is 0 Å². The number of sulfonamides is 1. The molecule has 0 spiro atoms. The number of nitrogens with zero attached hydrogens (tertiary/aromatic N) is 3. The van der Waals surface area contributed by atoms with Crippen molar-refractivity contribution in [3.63, 3.8) is 0 Å².